The number of carbonyl (C=O) groups is 3. The average molecular weight is 336 g/mol. The van der Waals surface area contributed by atoms with Crippen LogP contribution in [0.15, 0.2) is 54.6 Å². The Morgan fingerprint density at radius 2 is 1.72 bits per heavy atom. The van der Waals surface area contributed by atoms with Gasteiger partial charge in [-0.25, -0.2) is 4.90 Å². The molecule has 0 aromatic heterocycles. The standard InChI is InChI=1S/C18H12N2O5/c1-11(21)19-16-5-3-2-4-14(16)15(18(19)23)10-17(22)12-6-8-13(9-7-12)20(24)25/h2-10H,1H3/b15-10+. The zero-order valence-corrected chi connectivity index (χ0v) is 13.1. The summed E-state index contributed by atoms with van der Waals surface area (Å²) < 4.78 is 0. The van der Waals surface area contributed by atoms with Crippen molar-refractivity contribution in [2.45, 2.75) is 6.92 Å². The lowest BCUT2D eigenvalue weighted by atomic mass is 10.0. The van der Waals surface area contributed by atoms with Gasteiger partial charge in [-0.3, -0.25) is 24.5 Å². The van der Waals surface area contributed by atoms with Crippen LogP contribution in [-0.2, 0) is 9.59 Å². The van der Waals surface area contributed by atoms with E-state index in [2.05, 4.69) is 0 Å². The Morgan fingerprint density at radius 3 is 2.32 bits per heavy atom. The van der Waals surface area contributed by atoms with Gasteiger partial charge in [-0.2, -0.15) is 0 Å². The van der Waals surface area contributed by atoms with E-state index in [4.69, 9.17) is 0 Å². The number of nitrogens with zero attached hydrogens (tertiary/aromatic N) is 2. The minimum absolute atomic E-state index is 0.120. The molecule has 0 saturated heterocycles. The molecule has 7 nitrogen and oxygen atoms in total. The molecule has 0 spiro atoms. The number of nitro benzene ring substituents is 1. The van der Waals surface area contributed by atoms with Gasteiger partial charge in [0.05, 0.1) is 16.2 Å². The Hall–Kier alpha value is -3.61. The van der Waals surface area contributed by atoms with Crippen molar-refractivity contribution >= 4 is 34.5 Å². The van der Waals surface area contributed by atoms with Crippen LogP contribution in [0.4, 0.5) is 11.4 Å². The average Bonchev–Trinajstić information content (AvgIpc) is 2.87. The molecule has 1 heterocycles. The Kier molecular flexibility index (Phi) is 3.98. The fraction of sp³-hybridized carbons (Fsp3) is 0.0556. The summed E-state index contributed by atoms with van der Waals surface area (Å²) in [6.45, 7) is 1.27. The van der Waals surface area contributed by atoms with Crippen LogP contribution >= 0.6 is 0 Å². The topological polar surface area (TPSA) is 97.6 Å². The molecule has 0 saturated carbocycles. The molecule has 1 aliphatic heterocycles. The van der Waals surface area contributed by atoms with Gasteiger partial charge in [0.1, 0.15) is 0 Å². The van der Waals surface area contributed by atoms with Crippen LogP contribution in [-0.4, -0.2) is 22.5 Å². The number of imide groups is 1. The highest BCUT2D eigenvalue weighted by molar-refractivity contribution is 6.41. The first-order valence-corrected chi connectivity index (χ1v) is 7.35. The van der Waals surface area contributed by atoms with Gasteiger partial charge >= 0.3 is 0 Å². The molecule has 0 fully saturated rings. The van der Waals surface area contributed by atoms with Crippen molar-refractivity contribution in [3.8, 4) is 0 Å². The molecule has 3 rings (SSSR count). The van der Waals surface area contributed by atoms with Crippen molar-refractivity contribution in [2.24, 2.45) is 0 Å². The fourth-order valence-corrected chi connectivity index (χ4v) is 2.66. The zero-order chi connectivity index (χ0) is 18.1. The smallest absolute Gasteiger partial charge is 0.269 e. The quantitative estimate of drug-likeness (QED) is 0.371. The number of non-ortho nitro benzene ring substituents is 1. The predicted molar refractivity (Wildman–Crippen MR) is 90.0 cm³/mol. The van der Waals surface area contributed by atoms with Gasteiger partial charge in [-0.05, 0) is 24.3 Å². The number of nitro groups is 1. The van der Waals surface area contributed by atoms with Gasteiger partial charge in [-0.15, -0.1) is 0 Å². The maximum atomic E-state index is 12.5. The van der Waals surface area contributed by atoms with Crippen LogP contribution in [0.1, 0.15) is 22.8 Å². The molecule has 0 bridgehead atoms. The summed E-state index contributed by atoms with van der Waals surface area (Å²) in [5, 5.41) is 10.7. The molecule has 25 heavy (non-hydrogen) atoms. The van der Waals surface area contributed by atoms with Gasteiger partial charge in [0.15, 0.2) is 5.78 Å². The molecular weight excluding hydrogens is 324 g/mol. The molecule has 124 valence electrons. The van der Waals surface area contributed by atoms with E-state index in [1.165, 1.54) is 31.2 Å². The van der Waals surface area contributed by atoms with Crippen LogP contribution in [0.5, 0.6) is 0 Å². The highest BCUT2D eigenvalue weighted by Gasteiger charge is 2.35. The summed E-state index contributed by atoms with van der Waals surface area (Å²) in [4.78, 5) is 47.8. The summed E-state index contributed by atoms with van der Waals surface area (Å²) in [5.41, 5.74) is 1.13. The fourth-order valence-electron chi connectivity index (χ4n) is 2.66. The van der Waals surface area contributed by atoms with Gasteiger partial charge in [0.25, 0.3) is 11.6 Å². The highest BCUT2D eigenvalue weighted by atomic mass is 16.6. The molecule has 0 unspecified atom stereocenters. The summed E-state index contributed by atoms with van der Waals surface area (Å²) in [5.74, 6) is -1.48. The Labute approximate surface area is 142 Å². The number of anilines is 1. The monoisotopic (exact) mass is 336 g/mol. The normalized spacial score (nSPS) is 14.5. The second-order valence-corrected chi connectivity index (χ2v) is 5.40. The summed E-state index contributed by atoms with van der Waals surface area (Å²) in [6, 6.07) is 11.8. The van der Waals surface area contributed by atoms with E-state index in [0.717, 1.165) is 11.0 Å². The third kappa shape index (κ3) is 2.83. The number of allylic oxidation sites excluding steroid dienone is 1. The Balaban J connectivity index is 2.00. The summed E-state index contributed by atoms with van der Waals surface area (Å²) in [6.07, 6.45) is 1.16. The van der Waals surface area contributed by atoms with E-state index in [9.17, 15) is 24.5 Å². The molecule has 1 aliphatic rings. The maximum absolute atomic E-state index is 12.5. The van der Waals surface area contributed by atoms with Gasteiger partial charge < -0.3 is 0 Å². The van der Waals surface area contributed by atoms with Crippen molar-refractivity contribution in [1.29, 1.82) is 0 Å². The van der Waals surface area contributed by atoms with Crippen molar-refractivity contribution in [3.63, 3.8) is 0 Å². The van der Waals surface area contributed by atoms with Crippen LogP contribution < -0.4 is 4.90 Å². The van der Waals surface area contributed by atoms with Crippen LogP contribution in [0.2, 0.25) is 0 Å². The Bertz CT molecular complexity index is 944. The molecule has 7 heteroatoms. The SMILES string of the molecule is CC(=O)N1C(=O)/C(=C/C(=O)c2ccc([N+](=O)[O-])cc2)c2ccccc21. The van der Waals surface area contributed by atoms with Crippen LogP contribution in [0.25, 0.3) is 5.57 Å². The first-order chi connectivity index (χ1) is 11.9. The zero-order valence-electron chi connectivity index (χ0n) is 13.1. The van der Waals surface area contributed by atoms with E-state index in [1.54, 1.807) is 24.3 Å². The molecule has 2 aromatic carbocycles. The van der Waals surface area contributed by atoms with Gasteiger partial charge in [0.2, 0.25) is 5.91 Å². The second kappa shape index (κ2) is 6.12. The molecule has 2 aromatic rings. The number of fused-ring (bicyclic) bond motifs is 1. The van der Waals surface area contributed by atoms with Crippen LogP contribution in [0.3, 0.4) is 0 Å². The third-order valence-electron chi connectivity index (χ3n) is 3.82. The van der Waals surface area contributed by atoms with Crippen molar-refractivity contribution in [1.82, 2.24) is 0 Å². The molecule has 0 atom stereocenters. The number of benzene rings is 2. The lowest BCUT2D eigenvalue weighted by molar-refractivity contribution is -0.384. The summed E-state index contributed by atoms with van der Waals surface area (Å²) in [7, 11) is 0. The van der Waals surface area contributed by atoms with Crippen LogP contribution in [0, 0.1) is 10.1 Å². The second-order valence-electron chi connectivity index (χ2n) is 5.40. The minimum Gasteiger partial charge on any atom is -0.289 e. The van der Waals surface area contributed by atoms with E-state index < -0.39 is 22.5 Å². The van der Waals surface area contributed by atoms with E-state index >= 15 is 0 Å². The molecule has 0 N–H and O–H groups in total. The number of ketones is 1. The van der Waals surface area contributed by atoms with E-state index in [-0.39, 0.29) is 16.8 Å². The summed E-state index contributed by atoms with van der Waals surface area (Å²) >= 11 is 0. The molecular formula is C18H12N2O5. The number of para-hydroxylation sites is 1. The number of carbonyl (C=O) groups excluding carboxylic acids is 3. The molecule has 0 radical (unpaired) electrons. The van der Waals surface area contributed by atoms with Gasteiger partial charge in [-0.1, -0.05) is 18.2 Å². The number of hydrogen-bond donors (Lipinski definition) is 0. The van der Waals surface area contributed by atoms with E-state index in [1.807, 2.05) is 0 Å². The largest absolute Gasteiger partial charge is 0.289 e. The lowest BCUT2D eigenvalue weighted by Gasteiger charge is -2.11. The molecule has 2 amide bonds. The van der Waals surface area contributed by atoms with Gasteiger partial charge in [0, 0.05) is 30.2 Å². The Morgan fingerprint density at radius 1 is 1.08 bits per heavy atom. The highest BCUT2D eigenvalue weighted by Crippen LogP contribution is 2.36. The van der Waals surface area contributed by atoms with E-state index in [0.29, 0.717) is 11.3 Å². The maximum Gasteiger partial charge on any atom is 0.269 e. The molecule has 0 aliphatic carbocycles. The first-order valence-electron chi connectivity index (χ1n) is 7.35. The van der Waals surface area contributed by atoms with Crippen molar-refractivity contribution in [2.75, 3.05) is 4.90 Å². The first kappa shape index (κ1) is 16.3. The lowest BCUT2D eigenvalue weighted by Crippen LogP contribution is -2.31. The number of amides is 2. The minimum atomic E-state index is -0.566. The number of rotatable bonds is 3. The number of hydrogen-bond acceptors (Lipinski definition) is 5. The third-order valence-corrected chi connectivity index (χ3v) is 3.82. The predicted octanol–water partition coefficient (Wildman–Crippen LogP) is 2.75. The van der Waals surface area contributed by atoms with Crippen molar-refractivity contribution in [3.05, 3.63) is 75.8 Å². The van der Waals surface area contributed by atoms with Crippen molar-refractivity contribution < 1.29 is 19.3 Å².